The molecular weight excluding hydrogens is 1220 g/mol. The number of hydrogen-bond donors (Lipinski definition) is 10. The molecule has 0 heterocycles. The molecule has 83 heavy (non-hydrogen) atoms. The molecule has 8 rings (SSSR count). The minimum Gasteiger partial charge on any atom is -0.501 e. The van der Waals surface area contributed by atoms with Crippen molar-refractivity contribution in [3.05, 3.63) is 161 Å². The third-order valence-corrected chi connectivity index (χ3v) is 14.6. The summed E-state index contributed by atoms with van der Waals surface area (Å²) in [5, 5.41) is 58.0. The van der Waals surface area contributed by atoms with Crippen LogP contribution in [-0.2, 0) is 67.4 Å². The van der Waals surface area contributed by atoms with E-state index >= 15 is 0 Å². The van der Waals surface area contributed by atoms with Gasteiger partial charge in [-0.15, -0.1) is 0 Å². The Morgan fingerprint density at radius 3 is 1.14 bits per heavy atom. The van der Waals surface area contributed by atoms with Crippen LogP contribution < -0.4 is 21.7 Å². The number of Topliss-reactive ketones (excluding diaryl/α,β-unsaturated/α-hetero) is 2. The van der Waals surface area contributed by atoms with E-state index in [1.54, 1.807) is 26.0 Å². The number of nitro groups is 2. The SMILES string of the molecule is CC1=C/C(=N\Nc2ccc3c(c2)C(=O)C(=NNc2cc(S(=O)(=O)O)cc([N+](=O)[O-])c2O)C(S(=O)(=O)O)=C3)C(=O)C=C1.CC1=C/C(=N\Nc2ccc3c(c2)C(=O)C(=NNc2cc(S(=O)(=O)O)cc([N+](=O)[O-])c2O)C(S(=O)(=O)O)=C3)C(=O)C=C1.[Cr].[H+].[H+].[H+].[H+].[H+]. The van der Waals surface area contributed by atoms with Crippen molar-refractivity contribution in [2.45, 2.75) is 23.6 Å². The van der Waals surface area contributed by atoms with Gasteiger partial charge < -0.3 is 10.2 Å². The standard InChI is InChI=1S/2C23H17N5O11S2.Cr/c2*1-11-2-5-19(29)16(6-11)25-24-13-4-3-12-7-20(41(37,38)39)21(22(30)15(12)8-13)27-26-17-9-14(40(34,35)36)10-18(23(17)31)28(32)33;/h2*2-10,24,26,31H,1H3,(H,34,35,36)(H,37,38,39);/p+5/b2*25-16+,27-21?;. The maximum absolute atomic E-state index is 13.3. The molecule has 0 aromatic heterocycles. The van der Waals surface area contributed by atoms with Crippen LogP contribution >= 0.6 is 0 Å². The van der Waals surface area contributed by atoms with Crippen LogP contribution in [0.25, 0.3) is 12.2 Å². The van der Waals surface area contributed by atoms with Gasteiger partial charge in [0.2, 0.25) is 34.6 Å². The number of phenols is 2. The summed E-state index contributed by atoms with van der Waals surface area (Å²) < 4.78 is 132. The average Bonchev–Trinajstić information content (AvgIpc) is 2.79. The van der Waals surface area contributed by atoms with Gasteiger partial charge in [-0.3, -0.25) is 79.3 Å². The molecule has 0 radical (unpaired) electrons. The van der Waals surface area contributed by atoms with Crippen molar-refractivity contribution in [1.82, 2.24) is 0 Å². The molecule has 0 fully saturated rings. The van der Waals surface area contributed by atoms with E-state index in [9.17, 15) is 102 Å². The maximum atomic E-state index is 13.3. The van der Waals surface area contributed by atoms with Gasteiger partial charge in [0, 0.05) is 40.6 Å². The van der Waals surface area contributed by atoms with Crippen LogP contribution in [0.15, 0.2) is 148 Å². The molecule has 4 aliphatic rings. The summed E-state index contributed by atoms with van der Waals surface area (Å²) in [4.78, 5) is 66.7. The van der Waals surface area contributed by atoms with Gasteiger partial charge in [0.25, 0.3) is 40.5 Å². The van der Waals surface area contributed by atoms with Gasteiger partial charge in [0.15, 0.2) is 11.4 Å². The normalized spacial score (nSPS) is 17.0. The summed E-state index contributed by atoms with van der Waals surface area (Å²) in [5.74, 6) is -5.22. The Morgan fingerprint density at radius 2 is 0.831 bits per heavy atom. The molecular formula is C46H39CrN10O22S4+5. The van der Waals surface area contributed by atoms with E-state index in [4.69, 9.17) is 0 Å². The number of nitrogens with zero attached hydrogens (tertiary/aromatic N) is 6. The molecule has 4 aliphatic carbocycles. The molecule has 0 aliphatic heterocycles. The molecule has 4 aromatic rings. The summed E-state index contributed by atoms with van der Waals surface area (Å²) in [7, 11) is -20.2. The second-order valence-corrected chi connectivity index (χ2v) is 22.5. The van der Waals surface area contributed by atoms with Crippen LogP contribution in [0.1, 0.15) is 52.8 Å². The number of benzene rings is 4. The molecule has 0 bridgehead atoms. The Bertz CT molecular complexity index is 4160. The van der Waals surface area contributed by atoms with Crippen LogP contribution in [0.4, 0.5) is 34.1 Å². The van der Waals surface area contributed by atoms with Gasteiger partial charge in [0.1, 0.15) is 42.4 Å². The number of fused-ring (bicyclic) bond motifs is 2. The van der Waals surface area contributed by atoms with Crippen LogP contribution in [0.5, 0.6) is 11.5 Å². The number of carbonyl (C=O) groups is 4. The smallest absolute Gasteiger partial charge is 0.501 e. The Hall–Kier alpha value is -9.55. The first kappa shape index (κ1) is 62.6. The molecule has 0 atom stereocenters. The van der Waals surface area contributed by atoms with Gasteiger partial charge in [-0.25, -0.2) is 0 Å². The fourth-order valence-electron chi connectivity index (χ4n) is 7.24. The van der Waals surface area contributed by atoms with Crippen molar-refractivity contribution >= 4 is 133 Å². The molecule has 37 heteroatoms. The molecule has 4 aromatic carbocycles. The Morgan fingerprint density at radius 1 is 0.482 bits per heavy atom. The first-order valence-electron chi connectivity index (χ1n) is 22.0. The second-order valence-electron chi connectivity index (χ2n) is 16.9. The average molecular weight is 1260 g/mol. The molecule has 0 amide bonds. The van der Waals surface area contributed by atoms with Crippen molar-refractivity contribution < 1.29 is 116 Å². The molecule has 10 N–H and O–H groups in total. The minimum atomic E-state index is -5.09. The van der Waals surface area contributed by atoms with Gasteiger partial charge >= 0.3 is 18.5 Å². The number of phenolic OH excluding ortho intramolecular Hbond substituents is 2. The van der Waals surface area contributed by atoms with Crippen molar-refractivity contribution in [3.63, 3.8) is 0 Å². The predicted molar refractivity (Wildman–Crippen MR) is 295 cm³/mol. The predicted octanol–water partition coefficient (Wildman–Crippen LogP) is 5.15. The van der Waals surface area contributed by atoms with Gasteiger partial charge in [-0.1, -0.05) is 24.3 Å². The molecule has 0 saturated heterocycles. The molecule has 32 nitrogen and oxygen atoms in total. The van der Waals surface area contributed by atoms with Crippen molar-refractivity contribution in [1.29, 1.82) is 0 Å². The molecule has 430 valence electrons. The topological polar surface area (TPSA) is 510 Å². The fraction of sp³-hybridized carbons (Fsp3) is 0.0435. The minimum absolute atomic E-state index is 0. The summed E-state index contributed by atoms with van der Waals surface area (Å²) in [5.41, 5.74) is 5.25. The van der Waals surface area contributed by atoms with Crippen molar-refractivity contribution in [2.75, 3.05) is 21.7 Å². The van der Waals surface area contributed by atoms with Gasteiger partial charge in [0.05, 0.1) is 21.2 Å². The summed E-state index contributed by atoms with van der Waals surface area (Å²) in [6.45, 7) is 3.50. The molecule has 0 saturated carbocycles. The summed E-state index contributed by atoms with van der Waals surface area (Å²) in [6.07, 6.45) is 10.7. The third kappa shape index (κ3) is 14.3. The van der Waals surface area contributed by atoms with Crippen LogP contribution in [0, 0.1) is 20.2 Å². The third-order valence-electron chi connectivity index (χ3n) is 11.2. The summed E-state index contributed by atoms with van der Waals surface area (Å²) in [6, 6.07) is 9.75. The maximum Gasteiger partial charge on any atom is 1.00 e. The van der Waals surface area contributed by atoms with Crippen LogP contribution in [0.3, 0.4) is 0 Å². The number of rotatable bonds is 14. The zero-order valence-corrected chi connectivity index (χ0v) is 45.9. The fourth-order valence-corrected chi connectivity index (χ4v) is 9.62. The van der Waals surface area contributed by atoms with E-state index in [0.29, 0.717) is 24.3 Å². The van der Waals surface area contributed by atoms with Crippen LogP contribution in [0.2, 0.25) is 0 Å². The van der Waals surface area contributed by atoms with Crippen molar-refractivity contribution in [2.24, 2.45) is 20.4 Å². The number of anilines is 4. The van der Waals surface area contributed by atoms with E-state index in [1.165, 1.54) is 60.7 Å². The Balaban J connectivity index is 0.000000824. The summed E-state index contributed by atoms with van der Waals surface area (Å²) >= 11 is 0. The largest absolute Gasteiger partial charge is 1.00 e. The zero-order chi connectivity index (χ0) is 60.6. The number of nitrogens with one attached hydrogen (secondary N) is 4. The van der Waals surface area contributed by atoms with Crippen LogP contribution in [-0.4, -0.2) is 118 Å². The number of hydrazone groups is 4. The number of aromatic hydroxyl groups is 2. The molecule has 0 spiro atoms. The van der Waals surface area contributed by atoms with Gasteiger partial charge in [-0.05, 0) is 109 Å². The van der Waals surface area contributed by atoms with E-state index in [1.807, 2.05) is 10.9 Å². The van der Waals surface area contributed by atoms with Gasteiger partial charge in [-0.2, -0.15) is 54.1 Å². The monoisotopic (exact) mass is 1260 g/mol. The van der Waals surface area contributed by atoms with E-state index < -0.39 is 127 Å². The zero-order valence-electron chi connectivity index (χ0n) is 46.3. The quantitative estimate of drug-likeness (QED) is 0.0257. The number of allylic oxidation sites excluding steroid dienone is 10. The van der Waals surface area contributed by atoms with E-state index in [0.717, 1.165) is 23.3 Å². The number of hydrogen-bond acceptors (Lipinski definition) is 26. The molecule has 0 unspecified atom stereocenters. The first-order chi connectivity index (χ1) is 38.1. The van der Waals surface area contributed by atoms with Crippen molar-refractivity contribution in [3.8, 4) is 11.5 Å². The first-order valence-corrected chi connectivity index (χ1v) is 27.8. The second kappa shape index (κ2) is 23.9. The van der Waals surface area contributed by atoms with E-state index in [2.05, 4.69) is 31.3 Å². The Labute approximate surface area is 483 Å². The number of ketones is 4. The van der Waals surface area contributed by atoms with E-state index in [-0.39, 0.29) is 81.1 Å². The number of carbonyl (C=O) groups excluding carboxylic acids is 4. The number of nitro benzene ring substituents is 2. The Kier molecular flexibility index (Phi) is 18.0.